The number of carbonyl (C=O) groups excluding carboxylic acids is 1. The first-order valence-corrected chi connectivity index (χ1v) is 6.31. The van der Waals surface area contributed by atoms with E-state index in [2.05, 4.69) is 24.1 Å². The van der Waals surface area contributed by atoms with Crippen molar-refractivity contribution in [2.75, 3.05) is 5.32 Å². The Bertz CT molecular complexity index is 365. The molecule has 98 valence electrons. The number of anilines is 1. The summed E-state index contributed by atoms with van der Waals surface area (Å²) in [4.78, 5) is 16.0. The minimum atomic E-state index is -0.480. The zero-order valence-corrected chi connectivity index (χ0v) is 12.2. The molecule has 0 fully saturated rings. The van der Waals surface area contributed by atoms with Crippen molar-refractivity contribution in [3.8, 4) is 0 Å². The van der Waals surface area contributed by atoms with E-state index in [0.717, 1.165) is 5.69 Å². The van der Waals surface area contributed by atoms with Crippen molar-refractivity contribution in [2.45, 2.75) is 39.7 Å². The SMILES string of the molecule is CC(C)c1csc(NC(=O)C(N)C(C)C)n1.Cl. The number of aromatic nitrogens is 1. The van der Waals surface area contributed by atoms with E-state index in [-0.39, 0.29) is 24.2 Å². The normalized spacial score (nSPS) is 12.4. The zero-order valence-electron chi connectivity index (χ0n) is 10.6. The molecule has 0 aliphatic carbocycles. The van der Waals surface area contributed by atoms with Crippen molar-refractivity contribution < 1.29 is 4.79 Å². The maximum Gasteiger partial charge on any atom is 0.243 e. The fourth-order valence-corrected chi connectivity index (χ4v) is 1.98. The highest BCUT2D eigenvalue weighted by Gasteiger charge is 2.18. The maximum atomic E-state index is 11.7. The number of amides is 1. The van der Waals surface area contributed by atoms with Crippen LogP contribution in [0.4, 0.5) is 5.13 Å². The average Bonchev–Trinajstić information content (AvgIpc) is 2.64. The summed E-state index contributed by atoms with van der Waals surface area (Å²) in [7, 11) is 0. The number of halogens is 1. The summed E-state index contributed by atoms with van der Waals surface area (Å²) in [6, 6.07) is -0.480. The molecule has 3 N–H and O–H groups in total. The van der Waals surface area contributed by atoms with Crippen LogP contribution in [0.2, 0.25) is 0 Å². The number of nitrogens with zero attached hydrogens (tertiary/aromatic N) is 1. The zero-order chi connectivity index (χ0) is 12.3. The van der Waals surface area contributed by atoms with E-state index in [0.29, 0.717) is 11.0 Å². The van der Waals surface area contributed by atoms with Gasteiger partial charge in [0, 0.05) is 5.38 Å². The molecule has 0 bridgehead atoms. The lowest BCUT2D eigenvalue weighted by atomic mass is 10.1. The lowest BCUT2D eigenvalue weighted by Crippen LogP contribution is -2.39. The van der Waals surface area contributed by atoms with E-state index in [4.69, 9.17) is 5.73 Å². The van der Waals surface area contributed by atoms with Crippen LogP contribution in [0.25, 0.3) is 0 Å². The first-order valence-electron chi connectivity index (χ1n) is 5.43. The Labute approximate surface area is 112 Å². The molecule has 1 rings (SSSR count). The largest absolute Gasteiger partial charge is 0.320 e. The van der Waals surface area contributed by atoms with E-state index in [1.165, 1.54) is 11.3 Å². The number of carbonyl (C=O) groups is 1. The van der Waals surface area contributed by atoms with E-state index < -0.39 is 6.04 Å². The quantitative estimate of drug-likeness (QED) is 0.889. The molecule has 1 atom stereocenters. The second-order valence-electron chi connectivity index (χ2n) is 4.49. The Balaban J connectivity index is 0.00000256. The molecule has 0 aliphatic heterocycles. The van der Waals surface area contributed by atoms with Gasteiger partial charge in [0.05, 0.1) is 11.7 Å². The first kappa shape index (κ1) is 16.4. The Kier molecular flexibility index (Phi) is 6.67. The van der Waals surface area contributed by atoms with Crippen LogP contribution >= 0.6 is 23.7 Å². The minimum absolute atomic E-state index is 0. The molecule has 1 unspecified atom stereocenters. The van der Waals surface area contributed by atoms with Crippen LogP contribution in [0.15, 0.2) is 5.38 Å². The molecule has 4 nitrogen and oxygen atoms in total. The Morgan fingerprint density at radius 2 is 2.00 bits per heavy atom. The van der Waals surface area contributed by atoms with Crippen LogP contribution in [0.3, 0.4) is 0 Å². The molecule has 0 radical (unpaired) electrons. The second kappa shape index (κ2) is 6.93. The molecule has 0 aliphatic rings. The van der Waals surface area contributed by atoms with Crippen LogP contribution in [0.5, 0.6) is 0 Å². The fraction of sp³-hybridized carbons (Fsp3) is 0.636. The topological polar surface area (TPSA) is 68.0 Å². The molecule has 1 aromatic heterocycles. The van der Waals surface area contributed by atoms with Crippen LogP contribution in [-0.4, -0.2) is 16.9 Å². The van der Waals surface area contributed by atoms with Gasteiger partial charge in [0.2, 0.25) is 5.91 Å². The van der Waals surface area contributed by atoms with Gasteiger partial charge in [0.1, 0.15) is 0 Å². The highest BCUT2D eigenvalue weighted by molar-refractivity contribution is 7.13. The molecular weight excluding hydrogens is 258 g/mol. The molecule has 1 aromatic rings. The third-order valence-electron chi connectivity index (χ3n) is 2.36. The third-order valence-corrected chi connectivity index (χ3v) is 3.14. The van der Waals surface area contributed by atoms with Crippen molar-refractivity contribution in [1.82, 2.24) is 4.98 Å². The summed E-state index contributed by atoms with van der Waals surface area (Å²) in [6.45, 7) is 7.98. The van der Waals surface area contributed by atoms with E-state index in [1.54, 1.807) is 0 Å². The molecule has 0 spiro atoms. The summed E-state index contributed by atoms with van der Waals surface area (Å²) in [5.41, 5.74) is 6.74. The molecule has 0 aromatic carbocycles. The standard InChI is InChI=1S/C11H19N3OS.ClH/c1-6(2)8-5-16-11(13-8)14-10(15)9(12)7(3)4;/h5-7,9H,12H2,1-4H3,(H,13,14,15);1H. The summed E-state index contributed by atoms with van der Waals surface area (Å²) >= 11 is 1.44. The number of hydrogen-bond donors (Lipinski definition) is 2. The van der Waals surface area contributed by atoms with Crippen LogP contribution in [0.1, 0.15) is 39.3 Å². The molecular formula is C11H20ClN3OS. The van der Waals surface area contributed by atoms with Crippen LogP contribution < -0.4 is 11.1 Å². The predicted octanol–water partition coefficient (Wildman–Crippen LogP) is 2.61. The van der Waals surface area contributed by atoms with E-state index in [9.17, 15) is 4.79 Å². The van der Waals surface area contributed by atoms with Gasteiger partial charge >= 0.3 is 0 Å². The van der Waals surface area contributed by atoms with Gasteiger partial charge in [-0.25, -0.2) is 4.98 Å². The van der Waals surface area contributed by atoms with Crippen molar-refractivity contribution in [2.24, 2.45) is 11.7 Å². The Morgan fingerprint density at radius 1 is 1.41 bits per heavy atom. The Morgan fingerprint density at radius 3 is 2.41 bits per heavy atom. The van der Waals surface area contributed by atoms with Crippen molar-refractivity contribution >= 4 is 34.8 Å². The lowest BCUT2D eigenvalue weighted by Gasteiger charge is -2.13. The molecule has 1 heterocycles. The van der Waals surface area contributed by atoms with Gasteiger partial charge in [-0.05, 0) is 11.8 Å². The van der Waals surface area contributed by atoms with Gasteiger partial charge in [-0.2, -0.15) is 0 Å². The predicted molar refractivity (Wildman–Crippen MR) is 74.9 cm³/mol. The monoisotopic (exact) mass is 277 g/mol. The van der Waals surface area contributed by atoms with E-state index in [1.807, 2.05) is 19.2 Å². The molecule has 17 heavy (non-hydrogen) atoms. The van der Waals surface area contributed by atoms with Crippen molar-refractivity contribution in [3.05, 3.63) is 11.1 Å². The number of hydrogen-bond acceptors (Lipinski definition) is 4. The maximum absolute atomic E-state index is 11.7. The number of nitrogens with two attached hydrogens (primary N) is 1. The highest BCUT2D eigenvalue weighted by atomic mass is 35.5. The molecule has 0 saturated heterocycles. The summed E-state index contributed by atoms with van der Waals surface area (Å²) in [5.74, 6) is 0.338. The van der Waals surface area contributed by atoms with Crippen molar-refractivity contribution in [1.29, 1.82) is 0 Å². The fourth-order valence-electron chi connectivity index (χ4n) is 1.10. The molecule has 1 amide bonds. The van der Waals surface area contributed by atoms with Gasteiger partial charge in [-0.3, -0.25) is 4.79 Å². The van der Waals surface area contributed by atoms with Crippen LogP contribution in [-0.2, 0) is 4.79 Å². The van der Waals surface area contributed by atoms with Gasteiger partial charge in [-0.15, -0.1) is 23.7 Å². The number of rotatable bonds is 4. The first-order chi connectivity index (χ1) is 7.41. The summed E-state index contributed by atoms with van der Waals surface area (Å²) in [5, 5.41) is 5.33. The lowest BCUT2D eigenvalue weighted by molar-refractivity contribution is -0.118. The molecule has 0 saturated carbocycles. The second-order valence-corrected chi connectivity index (χ2v) is 5.35. The van der Waals surface area contributed by atoms with Crippen LogP contribution in [0, 0.1) is 5.92 Å². The van der Waals surface area contributed by atoms with Gasteiger partial charge in [0.25, 0.3) is 0 Å². The summed E-state index contributed by atoms with van der Waals surface area (Å²) < 4.78 is 0. The van der Waals surface area contributed by atoms with E-state index >= 15 is 0 Å². The highest BCUT2D eigenvalue weighted by Crippen LogP contribution is 2.21. The average molecular weight is 278 g/mol. The number of thiazole rings is 1. The summed E-state index contributed by atoms with van der Waals surface area (Å²) in [6.07, 6.45) is 0. The minimum Gasteiger partial charge on any atom is -0.320 e. The van der Waals surface area contributed by atoms with Gasteiger partial charge in [-0.1, -0.05) is 27.7 Å². The van der Waals surface area contributed by atoms with Gasteiger partial charge in [0.15, 0.2) is 5.13 Å². The van der Waals surface area contributed by atoms with Gasteiger partial charge < -0.3 is 11.1 Å². The van der Waals surface area contributed by atoms with Crippen molar-refractivity contribution in [3.63, 3.8) is 0 Å². The third kappa shape index (κ3) is 4.61. The smallest absolute Gasteiger partial charge is 0.243 e. The Hall–Kier alpha value is -0.650. The number of nitrogens with one attached hydrogen (secondary N) is 1. The molecule has 6 heteroatoms.